The summed E-state index contributed by atoms with van der Waals surface area (Å²) in [5.74, 6) is -1.71. The van der Waals surface area contributed by atoms with Gasteiger partial charge in [0.05, 0.1) is 16.6 Å². The number of rotatable bonds is 5. The van der Waals surface area contributed by atoms with Crippen molar-refractivity contribution in [2.24, 2.45) is 0 Å². The molecule has 8 nitrogen and oxygen atoms in total. The quantitative estimate of drug-likeness (QED) is 0.561. The normalized spacial score (nSPS) is 17.0. The van der Waals surface area contributed by atoms with Crippen LogP contribution in [0.1, 0.15) is 23.2 Å². The minimum Gasteiger partial charge on any atom is -0.477 e. The van der Waals surface area contributed by atoms with Crippen molar-refractivity contribution < 1.29 is 14.3 Å². The first kappa shape index (κ1) is 17.9. The first-order valence-electron chi connectivity index (χ1n) is 9.56. The molecule has 1 aliphatic heterocycles. The lowest BCUT2D eigenvalue weighted by Crippen LogP contribution is -2.58. The Bertz CT molecular complexity index is 1210. The van der Waals surface area contributed by atoms with Gasteiger partial charge in [-0.05, 0) is 31.0 Å². The predicted octanol–water partition coefficient (Wildman–Crippen LogP) is 1.50. The summed E-state index contributed by atoms with van der Waals surface area (Å²) < 4.78 is 16.2. The van der Waals surface area contributed by atoms with E-state index in [0.29, 0.717) is 34.3 Å². The highest BCUT2D eigenvalue weighted by atomic mass is 19.1. The summed E-state index contributed by atoms with van der Waals surface area (Å²) >= 11 is 0. The molecule has 0 atom stereocenters. The Balaban J connectivity index is 1.59. The van der Waals surface area contributed by atoms with Crippen LogP contribution in [0.25, 0.3) is 21.9 Å². The van der Waals surface area contributed by atoms with Crippen molar-refractivity contribution >= 4 is 33.6 Å². The number of aromatic carboxylic acids is 1. The lowest BCUT2D eigenvalue weighted by Gasteiger charge is -2.41. The lowest BCUT2D eigenvalue weighted by molar-refractivity contribution is 0.0695. The van der Waals surface area contributed by atoms with E-state index in [-0.39, 0.29) is 16.8 Å². The lowest BCUT2D eigenvalue weighted by atomic mass is 10.1. The minimum atomic E-state index is -1.32. The molecule has 3 N–H and O–H groups in total. The number of nitrogens with one attached hydrogen (secondary N) is 2. The van der Waals surface area contributed by atoms with Crippen molar-refractivity contribution in [1.82, 2.24) is 15.0 Å². The first-order chi connectivity index (χ1) is 13.9. The van der Waals surface area contributed by atoms with Crippen LogP contribution in [-0.2, 0) is 0 Å². The third-order valence-corrected chi connectivity index (χ3v) is 5.58. The van der Waals surface area contributed by atoms with Gasteiger partial charge < -0.3 is 20.7 Å². The van der Waals surface area contributed by atoms with Gasteiger partial charge in [0, 0.05) is 43.8 Å². The molecule has 1 aliphatic carbocycles. The molecule has 150 valence electrons. The molecule has 1 saturated carbocycles. The van der Waals surface area contributed by atoms with Crippen LogP contribution in [0.3, 0.4) is 0 Å². The van der Waals surface area contributed by atoms with Gasteiger partial charge >= 0.3 is 5.97 Å². The molecule has 1 saturated heterocycles. The predicted molar refractivity (Wildman–Crippen MR) is 108 cm³/mol. The smallest absolute Gasteiger partial charge is 0.341 e. The average molecular weight is 397 g/mol. The van der Waals surface area contributed by atoms with Crippen LogP contribution in [0.2, 0.25) is 0 Å². The molecule has 1 aromatic carbocycles. The number of hydrogen-bond acceptors (Lipinski definition) is 6. The van der Waals surface area contributed by atoms with E-state index in [0.717, 1.165) is 13.1 Å². The summed E-state index contributed by atoms with van der Waals surface area (Å²) in [5.41, 5.74) is 3.12. The van der Waals surface area contributed by atoms with Crippen LogP contribution in [0, 0.1) is 5.82 Å². The molecule has 3 aromatic rings. The van der Waals surface area contributed by atoms with E-state index in [4.69, 9.17) is 0 Å². The van der Waals surface area contributed by atoms with Crippen molar-refractivity contribution in [2.75, 3.05) is 30.5 Å². The summed E-state index contributed by atoms with van der Waals surface area (Å²) in [4.78, 5) is 30.4. The maximum atomic E-state index is 14.8. The van der Waals surface area contributed by atoms with Crippen LogP contribution in [0.15, 0.2) is 29.2 Å². The molecular weight excluding hydrogens is 377 g/mol. The van der Waals surface area contributed by atoms with Crippen LogP contribution < -0.4 is 21.1 Å². The number of carbonyl (C=O) groups is 1. The molecule has 0 amide bonds. The highest BCUT2D eigenvalue weighted by Crippen LogP contribution is 2.31. The van der Waals surface area contributed by atoms with Crippen molar-refractivity contribution in [3.8, 4) is 0 Å². The number of anilines is 1. The van der Waals surface area contributed by atoms with Gasteiger partial charge in [-0.3, -0.25) is 4.79 Å². The summed E-state index contributed by atoms with van der Waals surface area (Å²) in [6, 6.07) is 5.54. The Kier molecular flexibility index (Phi) is 3.95. The molecule has 5 rings (SSSR count). The van der Waals surface area contributed by atoms with Crippen molar-refractivity contribution in [3.63, 3.8) is 0 Å². The number of halogens is 1. The molecule has 9 heteroatoms. The van der Waals surface area contributed by atoms with E-state index in [2.05, 4.69) is 15.7 Å². The van der Waals surface area contributed by atoms with E-state index < -0.39 is 11.4 Å². The third-order valence-electron chi connectivity index (χ3n) is 5.58. The molecule has 2 aromatic heterocycles. The van der Waals surface area contributed by atoms with Gasteiger partial charge in [0.1, 0.15) is 11.4 Å². The van der Waals surface area contributed by atoms with E-state index in [1.165, 1.54) is 35.8 Å². The summed E-state index contributed by atoms with van der Waals surface area (Å²) in [5, 5.41) is 13.4. The topological polar surface area (TPSA) is 99.5 Å². The van der Waals surface area contributed by atoms with Crippen molar-refractivity contribution in [2.45, 2.75) is 24.9 Å². The Morgan fingerprint density at radius 2 is 2.00 bits per heavy atom. The summed E-state index contributed by atoms with van der Waals surface area (Å²) in [6.07, 6.45) is 3.64. The van der Waals surface area contributed by atoms with E-state index in [1.807, 2.05) is 4.90 Å². The van der Waals surface area contributed by atoms with Gasteiger partial charge in [-0.25, -0.2) is 18.8 Å². The number of fused-ring (bicyclic) bond motifs is 2. The molecule has 3 heterocycles. The van der Waals surface area contributed by atoms with Crippen LogP contribution >= 0.6 is 0 Å². The fraction of sp³-hybridized carbons (Fsp3) is 0.350. The van der Waals surface area contributed by atoms with Crippen molar-refractivity contribution in [1.29, 1.82) is 0 Å². The van der Waals surface area contributed by atoms with Crippen molar-refractivity contribution in [3.05, 3.63) is 46.0 Å². The molecule has 0 unspecified atom stereocenters. The van der Waals surface area contributed by atoms with E-state index in [9.17, 15) is 19.1 Å². The highest BCUT2D eigenvalue weighted by molar-refractivity contribution is 5.97. The molecule has 0 bridgehead atoms. The molecule has 2 aliphatic rings. The molecule has 0 spiro atoms. The van der Waals surface area contributed by atoms with Crippen LogP contribution in [0.5, 0.6) is 0 Å². The number of nitrogens with zero attached hydrogens (tertiary/aromatic N) is 3. The van der Waals surface area contributed by atoms with Crippen LogP contribution in [0.4, 0.5) is 10.1 Å². The average Bonchev–Trinajstić information content (AvgIpc) is 3.47. The fourth-order valence-corrected chi connectivity index (χ4v) is 3.85. The summed E-state index contributed by atoms with van der Waals surface area (Å²) in [6.45, 7) is 1.49. The Morgan fingerprint density at radius 1 is 1.24 bits per heavy atom. The number of carboxylic acid groups (broad SMARTS) is 1. The fourth-order valence-electron chi connectivity index (χ4n) is 3.85. The second-order valence-corrected chi connectivity index (χ2v) is 7.67. The van der Waals surface area contributed by atoms with Crippen LogP contribution in [-0.4, -0.2) is 53.0 Å². The van der Waals surface area contributed by atoms with Gasteiger partial charge in [-0.2, -0.15) is 0 Å². The number of carboxylic acids is 1. The van der Waals surface area contributed by atoms with Gasteiger partial charge in [0.2, 0.25) is 5.43 Å². The van der Waals surface area contributed by atoms with Gasteiger partial charge in [-0.1, -0.05) is 0 Å². The minimum absolute atomic E-state index is 0.122. The largest absolute Gasteiger partial charge is 0.477 e. The van der Waals surface area contributed by atoms with E-state index in [1.54, 1.807) is 13.1 Å². The van der Waals surface area contributed by atoms with Gasteiger partial charge in [0.15, 0.2) is 5.65 Å². The number of hydrogen-bond donors (Lipinski definition) is 3. The number of benzene rings is 1. The second-order valence-electron chi connectivity index (χ2n) is 7.67. The maximum absolute atomic E-state index is 14.8. The van der Waals surface area contributed by atoms with Gasteiger partial charge in [-0.15, -0.1) is 0 Å². The standard InChI is InChI=1S/C20H20FN5O3/c1-22-26-9-14(20(28)29)18(27)13-4-10-5-15(21)17(6-16(10)24-19(13)26)25-7-12(8-25)23-11-2-3-11/h4-6,9,11-12,22-23H,2-3,7-8H2,1H3,(H,28,29). The van der Waals surface area contributed by atoms with E-state index >= 15 is 0 Å². The second kappa shape index (κ2) is 6.41. The Morgan fingerprint density at radius 3 is 2.66 bits per heavy atom. The number of aromatic nitrogens is 2. The monoisotopic (exact) mass is 397 g/mol. The molecule has 0 radical (unpaired) electrons. The highest BCUT2D eigenvalue weighted by Gasteiger charge is 2.33. The zero-order valence-electron chi connectivity index (χ0n) is 15.8. The Labute approximate surface area is 164 Å². The first-order valence-corrected chi connectivity index (χ1v) is 9.56. The molecule has 2 fully saturated rings. The molecular formula is C20H20FN5O3. The third kappa shape index (κ3) is 2.98. The summed E-state index contributed by atoms with van der Waals surface area (Å²) in [7, 11) is 1.60. The maximum Gasteiger partial charge on any atom is 0.341 e. The zero-order chi connectivity index (χ0) is 20.3. The number of pyridine rings is 2. The van der Waals surface area contributed by atoms with Gasteiger partial charge in [0.25, 0.3) is 0 Å². The molecule has 29 heavy (non-hydrogen) atoms. The SMILES string of the molecule is CNn1cc(C(=O)O)c(=O)c2cc3cc(F)c(N4CC(NC5CC5)C4)cc3nc21. The Hall–Kier alpha value is -3.20. The zero-order valence-corrected chi connectivity index (χ0v) is 15.8.